The van der Waals surface area contributed by atoms with Crippen LogP contribution in [0.3, 0.4) is 0 Å². The molecule has 0 fully saturated rings. The molecule has 0 saturated heterocycles. The highest BCUT2D eigenvalue weighted by molar-refractivity contribution is 6.07. The topological polar surface area (TPSA) is 80.2 Å². The number of hydrogen-bond acceptors (Lipinski definition) is 5. The monoisotopic (exact) mass is 389 g/mol. The van der Waals surface area contributed by atoms with Crippen molar-refractivity contribution in [2.45, 2.75) is 39.3 Å². The van der Waals surface area contributed by atoms with Crippen molar-refractivity contribution in [2.24, 2.45) is 0 Å². The lowest BCUT2D eigenvalue weighted by molar-refractivity contribution is 0.0631. The predicted octanol–water partition coefficient (Wildman–Crippen LogP) is 4.49. The summed E-state index contributed by atoms with van der Waals surface area (Å²) in [6, 6.07) is 18.1. The lowest BCUT2D eigenvalue weighted by atomic mass is 10.1. The Bertz CT molecular complexity index is 1140. The van der Waals surface area contributed by atoms with Crippen molar-refractivity contribution in [3.05, 3.63) is 54.6 Å². The van der Waals surface area contributed by atoms with Gasteiger partial charge in [0.15, 0.2) is 5.82 Å². The molecule has 4 rings (SSSR count). The molecule has 0 aliphatic heterocycles. The van der Waals surface area contributed by atoms with Gasteiger partial charge in [-0.3, -0.25) is 0 Å². The molecule has 0 amide bonds. The first-order chi connectivity index (χ1) is 13.9. The van der Waals surface area contributed by atoms with Crippen molar-refractivity contribution in [3.8, 4) is 0 Å². The summed E-state index contributed by atoms with van der Waals surface area (Å²) >= 11 is 0. The highest BCUT2D eigenvalue weighted by Crippen LogP contribution is 2.35. The first-order valence-corrected chi connectivity index (χ1v) is 9.98. The molecule has 6 heteroatoms. The number of rotatable bonds is 6. The van der Waals surface area contributed by atoms with Gasteiger partial charge in [0.2, 0.25) is 5.95 Å². The number of para-hydroxylation sites is 2. The molecule has 0 saturated carbocycles. The normalized spacial score (nSPS) is 12.0. The van der Waals surface area contributed by atoms with Crippen LogP contribution < -0.4 is 10.6 Å². The summed E-state index contributed by atoms with van der Waals surface area (Å²) in [4.78, 5) is 11.7. The van der Waals surface area contributed by atoms with E-state index < -0.39 is 5.60 Å². The molecule has 150 valence electrons. The number of benzene rings is 2. The van der Waals surface area contributed by atoms with Gasteiger partial charge in [-0.1, -0.05) is 43.3 Å². The van der Waals surface area contributed by atoms with E-state index in [1.54, 1.807) is 0 Å². The van der Waals surface area contributed by atoms with Crippen LogP contribution >= 0.6 is 0 Å². The average Bonchev–Trinajstić information content (AvgIpc) is 3.05. The van der Waals surface area contributed by atoms with E-state index >= 15 is 0 Å². The van der Waals surface area contributed by atoms with Crippen LogP contribution in [-0.4, -0.2) is 31.8 Å². The van der Waals surface area contributed by atoms with Gasteiger partial charge < -0.3 is 20.3 Å². The second-order valence-corrected chi connectivity index (χ2v) is 8.01. The van der Waals surface area contributed by atoms with Gasteiger partial charge in [0.25, 0.3) is 0 Å². The SMILES string of the molecule is CCCN(c1ccccc1)c1nc2c(N)nc3ccccc3c2n1CC(C)(C)O. The van der Waals surface area contributed by atoms with E-state index in [0.717, 1.165) is 41.0 Å². The minimum absolute atomic E-state index is 0.388. The van der Waals surface area contributed by atoms with Gasteiger partial charge in [0.1, 0.15) is 5.52 Å². The highest BCUT2D eigenvalue weighted by Gasteiger charge is 2.25. The van der Waals surface area contributed by atoms with E-state index in [4.69, 9.17) is 10.7 Å². The molecule has 0 radical (unpaired) electrons. The third-order valence-electron chi connectivity index (χ3n) is 4.89. The minimum atomic E-state index is -0.921. The molecule has 2 aromatic carbocycles. The van der Waals surface area contributed by atoms with Crippen LogP contribution in [0.25, 0.3) is 21.9 Å². The molecule has 0 aliphatic carbocycles. The number of fused-ring (bicyclic) bond motifs is 3. The largest absolute Gasteiger partial charge is 0.389 e. The van der Waals surface area contributed by atoms with Gasteiger partial charge in [-0.05, 0) is 38.5 Å². The zero-order valence-electron chi connectivity index (χ0n) is 17.1. The third-order valence-corrected chi connectivity index (χ3v) is 4.89. The fraction of sp³-hybridized carbons (Fsp3) is 0.304. The molecule has 0 bridgehead atoms. The van der Waals surface area contributed by atoms with Crippen LogP contribution in [-0.2, 0) is 6.54 Å². The minimum Gasteiger partial charge on any atom is -0.389 e. The second kappa shape index (κ2) is 7.37. The van der Waals surface area contributed by atoms with Crippen LogP contribution in [0.4, 0.5) is 17.5 Å². The number of hydrogen-bond donors (Lipinski definition) is 2. The number of nitrogen functional groups attached to an aromatic ring is 1. The summed E-state index contributed by atoms with van der Waals surface area (Å²) < 4.78 is 2.08. The molecule has 0 unspecified atom stereocenters. The van der Waals surface area contributed by atoms with Crippen LogP contribution in [0, 0.1) is 0 Å². The molecule has 29 heavy (non-hydrogen) atoms. The van der Waals surface area contributed by atoms with Gasteiger partial charge >= 0.3 is 0 Å². The number of aromatic nitrogens is 3. The molecule has 6 nitrogen and oxygen atoms in total. The van der Waals surface area contributed by atoms with E-state index in [9.17, 15) is 5.11 Å². The number of pyridine rings is 1. The summed E-state index contributed by atoms with van der Waals surface area (Å²) in [6.45, 7) is 6.94. The molecule has 0 aliphatic rings. The molecule has 0 atom stereocenters. The average molecular weight is 390 g/mol. The van der Waals surface area contributed by atoms with E-state index in [2.05, 4.69) is 33.5 Å². The van der Waals surface area contributed by atoms with Gasteiger partial charge in [0.05, 0.1) is 23.2 Å². The Morgan fingerprint density at radius 3 is 2.41 bits per heavy atom. The van der Waals surface area contributed by atoms with Gasteiger partial charge in [-0.2, -0.15) is 0 Å². The number of aliphatic hydroxyl groups is 1. The van der Waals surface area contributed by atoms with Crippen molar-refractivity contribution in [1.82, 2.24) is 14.5 Å². The second-order valence-electron chi connectivity index (χ2n) is 8.01. The van der Waals surface area contributed by atoms with Crippen molar-refractivity contribution in [3.63, 3.8) is 0 Å². The quantitative estimate of drug-likeness (QED) is 0.508. The Morgan fingerprint density at radius 1 is 1.03 bits per heavy atom. The lowest BCUT2D eigenvalue weighted by Gasteiger charge is -2.27. The molecular formula is C23H27N5O. The van der Waals surface area contributed by atoms with Crippen LogP contribution in [0.2, 0.25) is 0 Å². The van der Waals surface area contributed by atoms with Crippen molar-refractivity contribution in [1.29, 1.82) is 0 Å². The molecule has 0 spiro atoms. The van der Waals surface area contributed by atoms with E-state index in [0.29, 0.717) is 17.9 Å². The summed E-state index contributed by atoms with van der Waals surface area (Å²) in [6.07, 6.45) is 0.953. The van der Waals surface area contributed by atoms with Crippen molar-refractivity contribution >= 4 is 39.4 Å². The molecule has 3 N–H and O–H groups in total. The Labute approximate surface area is 170 Å². The Hall–Kier alpha value is -3.12. The first-order valence-electron chi connectivity index (χ1n) is 9.98. The van der Waals surface area contributed by atoms with Gasteiger partial charge in [0, 0.05) is 17.6 Å². The Morgan fingerprint density at radius 2 is 1.72 bits per heavy atom. The Balaban J connectivity index is 2.06. The maximum Gasteiger partial charge on any atom is 0.211 e. The number of imidazole rings is 1. The van der Waals surface area contributed by atoms with Crippen molar-refractivity contribution in [2.75, 3.05) is 17.2 Å². The molecule has 2 aromatic heterocycles. The number of anilines is 3. The summed E-state index contributed by atoms with van der Waals surface area (Å²) in [5.41, 5.74) is 8.84. The fourth-order valence-electron chi connectivity index (χ4n) is 3.77. The molecular weight excluding hydrogens is 362 g/mol. The van der Waals surface area contributed by atoms with Crippen LogP contribution in [0.1, 0.15) is 27.2 Å². The van der Waals surface area contributed by atoms with Crippen LogP contribution in [0.15, 0.2) is 54.6 Å². The summed E-state index contributed by atoms with van der Waals surface area (Å²) in [5.74, 6) is 1.17. The highest BCUT2D eigenvalue weighted by atomic mass is 16.3. The lowest BCUT2D eigenvalue weighted by Crippen LogP contribution is -2.29. The van der Waals surface area contributed by atoms with E-state index in [1.165, 1.54) is 0 Å². The number of nitrogens with two attached hydrogens (primary N) is 1. The van der Waals surface area contributed by atoms with E-state index in [-0.39, 0.29) is 0 Å². The molecule has 4 aromatic rings. The fourth-order valence-corrected chi connectivity index (χ4v) is 3.77. The summed E-state index contributed by atoms with van der Waals surface area (Å²) in [5, 5.41) is 11.7. The zero-order valence-corrected chi connectivity index (χ0v) is 17.1. The standard InChI is InChI=1S/C23H27N5O/c1-4-14-27(16-10-6-5-7-11-16)22-26-19-20(28(22)15-23(2,3)29)17-12-8-9-13-18(17)25-21(19)24/h5-13,29H,4,14-15H2,1-3H3,(H2,24,25). The first kappa shape index (κ1) is 19.2. The maximum absolute atomic E-state index is 10.7. The van der Waals surface area contributed by atoms with E-state index in [1.807, 2.05) is 56.3 Å². The molecule has 2 heterocycles. The van der Waals surface area contributed by atoms with Crippen molar-refractivity contribution < 1.29 is 5.11 Å². The predicted molar refractivity (Wildman–Crippen MR) is 119 cm³/mol. The van der Waals surface area contributed by atoms with Crippen LogP contribution in [0.5, 0.6) is 0 Å². The summed E-state index contributed by atoms with van der Waals surface area (Å²) in [7, 11) is 0. The Kier molecular flexibility index (Phi) is 4.88. The number of nitrogens with zero attached hydrogens (tertiary/aromatic N) is 4. The van der Waals surface area contributed by atoms with Gasteiger partial charge in [-0.25, -0.2) is 9.97 Å². The van der Waals surface area contributed by atoms with Gasteiger partial charge in [-0.15, -0.1) is 0 Å². The zero-order chi connectivity index (χ0) is 20.6. The third kappa shape index (κ3) is 3.63. The smallest absolute Gasteiger partial charge is 0.211 e. The maximum atomic E-state index is 10.7.